The summed E-state index contributed by atoms with van der Waals surface area (Å²) in [5.74, 6) is -0.0957. The molecule has 2 rings (SSSR count). The lowest BCUT2D eigenvalue weighted by molar-refractivity contribution is -0.158. The molecule has 116 valence electrons. The first kappa shape index (κ1) is 16.3. The van der Waals surface area contributed by atoms with E-state index in [1.807, 2.05) is 30.3 Å². The van der Waals surface area contributed by atoms with Crippen molar-refractivity contribution in [1.82, 2.24) is 0 Å². The minimum absolute atomic E-state index is 0.100. The number of hydrogen-bond donors (Lipinski definition) is 1. The van der Waals surface area contributed by atoms with Gasteiger partial charge in [-0.15, -0.1) is 11.8 Å². The fourth-order valence-corrected chi connectivity index (χ4v) is 3.19. The van der Waals surface area contributed by atoms with Crippen molar-refractivity contribution in [1.29, 1.82) is 0 Å². The molecule has 0 saturated carbocycles. The maximum absolute atomic E-state index is 11.3. The SMILES string of the molecule is O=C(O)C(Cc1ccccc1)SCCOC1CCCCO1. The molecule has 1 saturated heterocycles. The molecule has 1 aromatic carbocycles. The first-order valence-corrected chi connectivity index (χ1v) is 8.42. The van der Waals surface area contributed by atoms with Crippen LogP contribution in [0, 0.1) is 0 Å². The zero-order chi connectivity index (χ0) is 14.9. The largest absolute Gasteiger partial charge is 0.480 e. The summed E-state index contributed by atoms with van der Waals surface area (Å²) >= 11 is 1.43. The van der Waals surface area contributed by atoms with Crippen LogP contribution in [0.25, 0.3) is 0 Å². The third-order valence-corrected chi connectivity index (χ3v) is 4.56. The third-order valence-electron chi connectivity index (χ3n) is 3.38. The minimum atomic E-state index is -0.766. The normalized spacial score (nSPS) is 20.1. The molecule has 1 N–H and O–H groups in total. The zero-order valence-electron chi connectivity index (χ0n) is 12.1. The number of ether oxygens (including phenoxy) is 2. The molecule has 0 spiro atoms. The van der Waals surface area contributed by atoms with Crippen LogP contribution >= 0.6 is 11.8 Å². The zero-order valence-corrected chi connectivity index (χ0v) is 12.9. The number of carboxylic acids is 1. The highest BCUT2D eigenvalue weighted by molar-refractivity contribution is 8.00. The molecule has 0 aliphatic carbocycles. The maximum atomic E-state index is 11.3. The van der Waals surface area contributed by atoms with Crippen LogP contribution in [-0.4, -0.2) is 41.6 Å². The molecule has 0 bridgehead atoms. The van der Waals surface area contributed by atoms with E-state index in [1.165, 1.54) is 11.8 Å². The van der Waals surface area contributed by atoms with Crippen LogP contribution in [-0.2, 0) is 20.7 Å². The summed E-state index contributed by atoms with van der Waals surface area (Å²) in [5.41, 5.74) is 1.05. The predicted octanol–water partition coefficient (Wildman–Crippen LogP) is 2.96. The molecule has 0 aromatic heterocycles. The second kappa shape index (κ2) is 9.07. The van der Waals surface area contributed by atoms with Crippen LogP contribution in [0.15, 0.2) is 30.3 Å². The maximum Gasteiger partial charge on any atom is 0.316 e. The highest BCUT2D eigenvalue weighted by Crippen LogP contribution is 2.18. The fraction of sp³-hybridized carbons (Fsp3) is 0.562. The van der Waals surface area contributed by atoms with Gasteiger partial charge in [0.1, 0.15) is 5.25 Å². The van der Waals surface area contributed by atoms with Crippen LogP contribution in [0.5, 0.6) is 0 Å². The van der Waals surface area contributed by atoms with Gasteiger partial charge < -0.3 is 14.6 Å². The first-order chi connectivity index (χ1) is 10.3. The Balaban J connectivity index is 1.69. The second-order valence-electron chi connectivity index (χ2n) is 5.05. The van der Waals surface area contributed by atoms with Crippen molar-refractivity contribution in [3.63, 3.8) is 0 Å². The van der Waals surface area contributed by atoms with E-state index in [0.29, 0.717) is 18.8 Å². The number of thioether (sulfide) groups is 1. The molecule has 0 amide bonds. The van der Waals surface area contributed by atoms with Gasteiger partial charge in [0.25, 0.3) is 0 Å². The summed E-state index contributed by atoms with van der Waals surface area (Å²) in [6.07, 6.45) is 3.63. The van der Waals surface area contributed by atoms with Gasteiger partial charge in [0.2, 0.25) is 0 Å². The molecular formula is C16H22O4S. The molecule has 4 nitrogen and oxygen atoms in total. The Morgan fingerprint density at radius 3 is 2.86 bits per heavy atom. The summed E-state index contributed by atoms with van der Waals surface area (Å²) in [6, 6.07) is 9.72. The van der Waals surface area contributed by atoms with Gasteiger partial charge in [0, 0.05) is 12.4 Å². The third kappa shape index (κ3) is 6.08. The predicted molar refractivity (Wildman–Crippen MR) is 83.6 cm³/mol. The number of aliphatic carboxylic acids is 1. The molecule has 1 aliphatic rings. The highest BCUT2D eigenvalue weighted by Gasteiger charge is 2.19. The molecule has 5 heteroatoms. The molecule has 2 unspecified atom stereocenters. The Labute approximate surface area is 129 Å². The van der Waals surface area contributed by atoms with E-state index in [9.17, 15) is 9.90 Å². The number of carboxylic acid groups (broad SMARTS) is 1. The van der Waals surface area contributed by atoms with Gasteiger partial charge in [-0.3, -0.25) is 4.79 Å². The Hall–Kier alpha value is -1.04. The van der Waals surface area contributed by atoms with Gasteiger partial charge in [-0.25, -0.2) is 0 Å². The standard InChI is InChI=1S/C16H22O4S/c17-16(18)14(12-13-6-2-1-3-7-13)21-11-10-20-15-8-4-5-9-19-15/h1-3,6-7,14-15H,4-5,8-12H2,(H,17,18). The van der Waals surface area contributed by atoms with E-state index >= 15 is 0 Å². The lowest BCUT2D eigenvalue weighted by Crippen LogP contribution is -2.24. The van der Waals surface area contributed by atoms with Crippen molar-refractivity contribution >= 4 is 17.7 Å². The van der Waals surface area contributed by atoms with E-state index < -0.39 is 11.2 Å². The van der Waals surface area contributed by atoms with E-state index in [0.717, 1.165) is 31.4 Å². The Kier molecular flexibility index (Phi) is 7.06. The molecule has 1 aromatic rings. The van der Waals surface area contributed by atoms with Gasteiger partial charge in [0.15, 0.2) is 6.29 Å². The summed E-state index contributed by atoms with van der Waals surface area (Å²) < 4.78 is 11.1. The summed E-state index contributed by atoms with van der Waals surface area (Å²) in [7, 11) is 0. The van der Waals surface area contributed by atoms with Crippen molar-refractivity contribution in [3.05, 3.63) is 35.9 Å². The number of rotatable bonds is 8. The Morgan fingerprint density at radius 2 is 2.19 bits per heavy atom. The van der Waals surface area contributed by atoms with Gasteiger partial charge in [-0.2, -0.15) is 0 Å². The van der Waals surface area contributed by atoms with Crippen LogP contribution in [0.2, 0.25) is 0 Å². The van der Waals surface area contributed by atoms with Crippen LogP contribution < -0.4 is 0 Å². The summed E-state index contributed by atoms with van der Waals surface area (Å²) in [4.78, 5) is 11.3. The first-order valence-electron chi connectivity index (χ1n) is 7.37. The fourth-order valence-electron chi connectivity index (χ4n) is 2.26. The van der Waals surface area contributed by atoms with Gasteiger partial charge >= 0.3 is 5.97 Å². The summed E-state index contributed by atoms with van der Waals surface area (Å²) in [5, 5.41) is 8.87. The van der Waals surface area contributed by atoms with Gasteiger partial charge in [-0.1, -0.05) is 30.3 Å². The second-order valence-corrected chi connectivity index (χ2v) is 6.36. The molecule has 1 fully saturated rings. The molecule has 0 radical (unpaired) electrons. The monoisotopic (exact) mass is 310 g/mol. The molecule has 21 heavy (non-hydrogen) atoms. The van der Waals surface area contributed by atoms with E-state index in [1.54, 1.807) is 0 Å². The van der Waals surface area contributed by atoms with E-state index in [4.69, 9.17) is 9.47 Å². The van der Waals surface area contributed by atoms with Crippen LogP contribution in [0.3, 0.4) is 0 Å². The van der Waals surface area contributed by atoms with Crippen molar-refractivity contribution in [2.75, 3.05) is 19.0 Å². The average Bonchev–Trinajstić information content (AvgIpc) is 2.52. The molecule has 1 heterocycles. The number of benzene rings is 1. The topological polar surface area (TPSA) is 55.8 Å². The van der Waals surface area contributed by atoms with E-state index in [-0.39, 0.29) is 6.29 Å². The van der Waals surface area contributed by atoms with Crippen molar-refractivity contribution in [2.45, 2.75) is 37.2 Å². The lowest BCUT2D eigenvalue weighted by atomic mass is 10.1. The molecular weight excluding hydrogens is 288 g/mol. The van der Waals surface area contributed by atoms with Gasteiger partial charge in [-0.05, 0) is 31.2 Å². The van der Waals surface area contributed by atoms with Crippen molar-refractivity contribution in [3.8, 4) is 0 Å². The van der Waals surface area contributed by atoms with E-state index in [2.05, 4.69) is 0 Å². The Morgan fingerprint density at radius 1 is 1.38 bits per heavy atom. The lowest BCUT2D eigenvalue weighted by Gasteiger charge is -2.22. The van der Waals surface area contributed by atoms with Crippen LogP contribution in [0.1, 0.15) is 24.8 Å². The molecule has 1 aliphatic heterocycles. The minimum Gasteiger partial charge on any atom is -0.480 e. The quantitative estimate of drug-likeness (QED) is 0.748. The average molecular weight is 310 g/mol. The highest BCUT2D eigenvalue weighted by atomic mass is 32.2. The van der Waals surface area contributed by atoms with Crippen molar-refractivity contribution < 1.29 is 19.4 Å². The smallest absolute Gasteiger partial charge is 0.316 e. The van der Waals surface area contributed by atoms with Gasteiger partial charge in [0.05, 0.1) is 6.61 Å². The Bertz CT molecular complexity index is 418. The number of carbonyl (C=O) groups is 1. The molecule has 2 atom stereocenters. The summed E-state index contributed by atoms with van der Waals surface area (Å²) in [6.45, 7) is 1.30. The van der Waals surface area contributed by atoms with Crippen LogP contribution in [0.4, 0.5) is 0 Å². The van der Waals surface area contributed by atoms with Crippen molar-refractivity contribution in [2.24, 2.45) is 0 Å². The number of hydrogen-bond acceptors (Lipinski definition) is 4.